The van der Waals surface area contributed by atoms with Crippen LogP contribution in [-0.4, -0.2) is 41.1 Å². The molecule has 162 valence electrons. The zero-order valence-electron chi connectivity index (χ0n) is 17.1. The minimum atomic E-state index is -0.216. The van der Waals surface area contributed by atoms with Crippen LogP contribution in [0.15, 0.2) is 40.0 Å². The smallest absolute Gasteiger partial charge is 0.277 e. The van der Waals surface area contributed by atoms with Crippen molar-refractivity contribution in [3.8, 4) is 22.3 Å². The molecule has 1 N–H and O–H groups in total. The average molecular weight is 458 g/mol. The Morgan fingerprint density at radius 3 is 3.06 bits per heavy atom. The number of nitrogens with zero attached hydrogens (tertiary/aromatic N) is 2. The topological polar surface area (TPSA) is 86.5 Å². The number of thioether (sulfide) groups is 1. The molecule has 1 aliphatic carbocycles. The molecule has 9 heteroatoms. The third-order valence-corrected chi connectivity index (χ3v) is 7.41. The summed E-state index contributed by atoms with van der Waals surface area (Å²) >= 11 is 2.97. The average Bonchev–Trinajstić information content (AvgIpc) is 3.42. The normalized spacial score (nSPS) is 19.6. The van der Waals surface area contributed by atoms with Gasteiger partial charge in [0.1, 0.15) is 12.7 Å². The fourth-order valence-corrected chi connectivity index (χ4v) is 5.47. The molecule has 7 nitrogen and oxygen atoms in total. The number of amides is 1. The Kier molecular flexibility index (Phi) is 5.87. The lowest BCUT2D eigenvalue weighted by Crippen LogP contribution is -2.41. The van der Waals surface area contributed by atoms with Gasteiger partial charge in [0.15, 0.2) is 11.5 Å². The quantitative estimate of drug-likeness (QED) is 0.561. The number of fused-ring (bicyclic) bond motifs is 2. The van der Waals surface area contributed by atoms with Gasteiger partial charge in [-0.2, -0.15) is 0 Å². The zero-order valence-corrected chi connectivity index (χ0v) is 18.8. The van der Waals surface area contributed by atoms with Gasteiger partial charge in [0, 0.05) is 4.88 Å². The highest BCUT2D eigenvalue weighted by Crippen LogP contribution is 2.37. The summed E-state index contributed by atoms with van der Waals surface area (Å²) < 4.78 is 17.3. The molecule has 0 saturated carbocycles. The summed E-state index contributed by atoms with van der Waals surface area (Å²) in [5.74, 6) is 2.76. The van der Waals surface area contributed by atoms with Gasteiger partial charge in [0.2, 0.25) is 5.91 Å². The number of hydrogen-bond acceptors (Lipinski definition) is 8. The maximum Gasteiger partial charge on any atom is 0.277 e. The Morgan fingerprint density at radius 2 is 2.16 bits per heavy atom. The molecule has 0 saturated heterocycles. The Morgan fingerprint density at radius 1 is 1.29 bits per heavy atom. The zero-order chi connectivity index (χ0) is 21.2. The molecule has 1 aliphatic heterocycles. The van der Waals surface area contributed by atoms with E-state index in [0.717, 1.165) is 29.4 Å². The van der Waals surface area contributed by atoms with Crippen LogP contribution in [0, 0.1) is 5.92 Å². The van der Waals surface area contributed by atoms with Crippen molar-refractivity contribution in [2.75, 3.05) is 18.9 Å². The Labute approximate surface area is 188 Å². The molecule has 2 aliphatic rings. The number of carbonyl (C=O) groups is 1. The first-order chi connectivity index (χ1) is 15.1. The standard InChI is InChI=1S/C22H23N3O4S2/c1-13-6-7-18-14(8-13)9-19(31-18)21-24-25-22(29-21)30-12-20(26)23-10-15-11-27-16-4-2-3-5-17(16)28-15/h2-5,9,13,15H,6-8,10-12H2,1H3,(H,23,26)/t13-,15+/m0/s1. The van der Waals surface area contributed by atoms with E-state index in [9.17, 15) is 4.79 Å². The summed E-state index contributed by atoms with van der Waals surface area (Å²) in [5, 5.41) is 11.5. The molecule has 3 aromatic rings. The highest BCUT2D eigenvalue weighted by molar-refractivity contribution is 7.99. The number of benzene rings is 1. The van der Waals surface area contributed by atoms with Crippen LogP contribution in [0.4, 0.5) is 0 Å². The molecule has 1 aromatic carbocycles. The molecular weight excluding hydrogens is 434 g/mol. The maximum atomic E-state index is 12.2. The van der Waals surface area contributed by atoms with E-state index in [0.29, 0.717) is 30.0 Å². The van der Waals surface area contributed by atoms with E-state index in [1.54, 1.807) is 11.3 Å². The van der Waals surface area contributed by atoms with Crippen LogP contribution in [0.25, 0.3) is 10.8 Å². The predicted molar refractivity (Wildman–Crippen MR) is 119 cm³/mol. The number of aromatic nitrogens is 2. The number of carbonyl (C=O) groups excluding carboxylic acids is 1. The van der Waals surface area contributed by atoms with Crippen molar-refractivity contribution >= 4 is 29.0 Å². The van der Waals surface area contributed by atoms with Crippen molar-refractivity contribution in [1.82, 2.24) is 15.5 Å². The van der Waals surface area contributed by atoms with Crippen molar-refractivity contribution < 1.29 is 18.7 Å². The van der Waals surface area contributed by atoms with Gasteiger partial charge in [-0.3, -0.25) is 4.79 Å². The second-order valence-corrected chi connectivity index (χ2v) is 9.93. The van der Waals surface area contributed by atoms with Crippen molar-refractivity contribution in [3.63, 3.8) is 0 Å². The van der Waals surface area contributed by atoms with E-state index >= 15 is 0 Å². The van der Waals surface area contributed by atoms with Crippen molar-refractivity contribution in [1.29, 1.82) is 0 Å². The number of rotatable bonds is 6. The van der Waals surface area contributed by atoms with Gasteiger partial charge in [0.05, 0.1) is 17.2 Å². The van der Waals surface area contributed by atoms with E-state index in [-0.39, 0.29) is 17.8 Å². The summed E-state index contributed by atoms with van der Waals surface area (Å²) in [6, 6.07) is 9.69. The Bertz CT molecular complexity index is 1080. The Hall–Kier alpha value is -2.52. The van der Waals surface area contributed by atoms with Crippen molar-refractivity contribution in [3.05, 3.63) is 40.8 Å². The molecule has 3 heterocycles. The molecule has 0 unspecified atom stereocenters. The third kappa shape index (κ3) is 4.72. The third-order valence-electron chi connectivity index (χ3n) is 5.37. The van der Waals surface area contributed by atoms with Crippen molar-refractivity contribution in [2.24, 2.45) is 5.92 Å². The summed E-state index contributed by atoms with van der Waals surface area (Å²) in [4.78, 5) is 14.7. The monoisotopic (exact) mass is 457 g/mol. The van der Waals surface area contributed by atoms with Gasteiger partial charge in [-0.25, -0.2) is 0 Å². The molecule has 0 spiro atoms. The molecule has 2 atom stereocenters. The SMILES string of the molecule is C[C@H]1CCc2sc(-c3nnc(SCC(=O)NC[C@@H]4COc5ccccc5O4)o3)cc2C1. The number of para-hydroxylation sites is 2. The molecule has 0 bridgehead atoms. The molecule has 0 radical (unpaired) electrons. The molecule has 2 aromatic heterocycles. The van der Waals surface area contributed by atoms with Gasteiger partial charge >= 0.3 is 0 Å². The minimum absolute atomic E-state index is 0.118. The first-order valence-corrected chi connectivity index (χ1v) is 12.2. The first kappa shape index (κ1) is 20.4. The van der Waals surface area contributed by atoms with Crippen LogP contribution in [0.2, 0.25) is 0 Å². The van der Waals surface area contributed by atoms with E-state index in [2.05, 4.69) is 28.5 Å². The molecular formula is C22H23N3O4S2. The fourth-order valence-electron chi connectivity index (χ4n) is 3.75. The number of aryl methyl sites for hydroxylation is 1. The van der Waals surface area contributed by atoms with Gasteiger partial charge in [0.25, 0.3) is 11.1 Å². The predicted octanol–water partition coefficient (Wildman–Crippen LogP) is 3.97. The first-order valence-electron chi connectivity index (χ1n) is 10.4. The van der Waals surface area contributed by atoms with Crippen molar-refractivity contribution in [2.45, 2.75) is 37.5 Å². The van der Waals surface area contributed by atoms with Gasteiger partial charge in [-0.05, 0) is 48.9 Å². The molecule has 0 fully saturated rings. The maximum absolute atomic E-state index is 12.2. The van der Waals surface area contributed by atoms with Crippen LogP contribution in [0.1, 0.15) is 23.8 Å². The number of hydrogen-bond donors (Lipinski definition) is 1. The summed E-state index contributed by atoms with van der Waals surface area (Å²) in [6.45, 7) is 3.07. The largest absolute Gasteiger partial charge is 0.486 e. The van der Waals surface area contributed by atoms with E-state index in [4.69, 9.17) is 13.9 Å². The van der Waals surface area contributed by atoms with Crippen LogP contribution < -0.4 is 14.8 Å². The molecule has 1 amide bonds. The lowest BCUT2D eigenvalue weighted by molar-refractivity contribution is -0.119. The van der Waals surface area contributed by atoms with E-state index in [1.165, 1.54) is 28.6 Å². The second kappa shape index (κ2) is 8.92. The number of thiophene rings is 1. The van der Waals surface area contributed by atoms with Gasteiger partial charge < -0.3 is 19.2 Å². The second-order valence-electron chi connectivity index (χ2n) is 7.87. The van der Waals surface area contributed by atoms with Gasteiger partial charge in [-0.15, -0.1) is 21.5 Å². The number of nitrogens with one attached hydrogen (secondary N) is 1. The van der Waals surface area contributed by atoms with Crippen LogP contribution >= 0.6 is 23.1 Å². The fraction of sp³-hybridized carbons (Fsp3) is 0.409. The van der Waals surface area contributed by atoms with E-state index < -0.39 is 0 Å². The summed E-state index contributed by atoms with van der Waals surface area (Å²) in [7, 11) is 0. The lowest BCUT2D eigenvalue weighted by atomic mass is 9.90. The molecule has 31 heavy (non-hydrogen) atoms. The van der Waals surface area contributed by atoms with E-state index in [1.807, 2.05) is 24.3 Å². The minimum Gasteiger partial charge on any atom is -0.486 e. The summed E-state index contributed by atoms with van der Waals surface area (Å²) in [5.41, 5.74) is 1.40. The van der Waals surface area contributed by atoms with Crippen LogP contribution in [0.3, 0.4) is 0 Å². The van der Waals surface area contributed by atoms with Crippen LogP contribution in [-0.2, 0) is 17.6 Å². The van der Waals surface area contributed by atoms with Gasteiger partial charge in [-0.1, -0.05) is 30.8 Å². The highest BCUT2D eigenvalue weighted by atomic mass is 32.2. The number of ether oxygens (including phenoxy) is 2. The lowest BCUT2D eigenvalue weighted by Gasteiger charge is -2.26. The highest BCUT2D eigenvalue weighted by Gasteiger charge is 2.22. The van der Waals surface area contributed by atoms with Crippen LogP contribution in [0.5, 0.6) is 11.5 Å². The summed E-state index contributed by atoms with van der Waals surface area (Å²) in [6.07, 6.45) is 3.25. The molecule has 5 rings (SSSR count). The Balaban J connectivity index is 1.10.